The molecule has 0 aliphatic rings. The lowest BCUT2D eigenvalue weighted by atomic mass is 10.1. The summed E-state index contributed by atoms with van der Waals surface area (Å²) in [6, 6.07) is 5.01. The van der Waals surface area contributed by atoms with Gasteiger partial charge < -0.3 is 10.2 Å². The quantitative estimate of drug-likeness (QED) is 0.722. The van der Waals surface area contributed by atoms with Crippen molar-refractivity contribution in [3.05, 3.63) is 29.8 Å². The van der Waals surface area contributed by atoms with Crippen molar-refractivity contribution in [2.75, 3.05) is 6.54 Å². The van der Waals surface area contributed by atoms with Gasteiger partial charge in [-0.25, -0.2) is 17.9 Å². The molecule has 1 rings (SSSR count). The minimum Gasteiger partial charge on any atom is -0.478 e. The highest BCUT2D eigenvalue weighted by Gasteiger charge is 2.20. The van der Waals surface area contributed by atoms with E-state index in [4.69, 9.17) is 5.11 Å². The molecule has 1 aromatic rings. The third-order valence-corrected chi connectivity index (χ3v) is 3.49. The van der Waals surface area contributed by atoms with Crippen LogP contribution in [0.25, 0.3) is 0 Å². The Bertz CT molecular complexity index is 545. The van der Waals surface area contributed by atoms with Gasteiger partial charge in [0, 0.05) is 6.54 Å². The molecule has 7 heteroatoms. The van der Waals surface area contributed by atoms with E-state index in [1.165, 1.54) is 32.0 Å². The Morgan fingerprint density at radius 2 is 2.00 bits per heavy atom. The second-order valence-electron chi connectivity index (χ2n) is 4.47. The minimum absolute atomic E-state index is 0.110. The fraction of sp³-hybridized carbons (Fsp3) is 0.364. The Kier molecular flexibility index (Phi) is 4.10. The highest BCUT2D eigenvalue weighted by atomic mass is 32.2. The van der Waals surface area contributed by atoms with Crippen LogP contribution in [0.4, 0.5) is 0 Å². The lowest BCUT2D eigenvalue weighted by molar-refractivity contribution is 0.0696. The molecule has 0 spiro atoms. The number of nitrogens with one attached hydrogen (secondary N) is 1. The van der Waals surface area contributed by atoms with Gasteiger partial charge in [-0.1, -0.05) is 6.07 Å². The summed E-state index contributed by atoms with van der Waals surface area (Å²) in [4.78, 5) is 10.6. The van der Waals surface area contributed by atoms with Gasteiger partial charge in [-0.05, 0) is 32.0 Å². The number of sulfonamides is 1. The van der Waals surface area contributed by atoms with Crippen LogP contribution in [0.2, 0.25) is 0 Å². The van der Waals surface area contributed by atoms with Gasteiger partial charge in [-0.2, -0.15) is 0 Å². The highest BCUT2D eigenvalue weighted by molar-refractivity contribution is 7.89. The third-order valence-electron chi connectivity index (χ3n) is 2.09. The molecule has 0 aliphatic carbocycles. The van der Waals surface area contributed by atoms with Crippen LogP contribution >= 0.6 is 0 Å². The number of carboxylic acid groups (broad SMARTS) is 1. The molecule has 1 aromatic carbocycles. The van der Waals surface area contributed by atoms with E-state index in [1.807, 2.05) is 0 Å². The van der Waals surface area contributed by atoms with Crippen LogP contribution in [0, 0.1) is 0 Å². The number of hydrogen-bond acceptors (Lipinski definition) is 4. The van der Waals surface area contributed by atoms with Crippen molar-refractivity contribution in [1.82, 2.24) is 4.72 Å². The van der Waals surface area contributed by atoms with Gasteiger partial charge >= 0.3 is 5.97 Å². The molecule has 3 N–H and O–H groups in total. The topological polar surface area (TPSA) is 104 Å². The molecule has 0 saturated carbocycles. The number of aromatic carboxylic acids is 1. The van der Waals surface area contributed by atoms with Gasteiger partial charge in [-0.15, -0.1) is 0 Å². The van der Waals surface area contributed by atoms with E-state index in [0.29, 0.717) is 0 Å². The summed E-state index contributed by atoms with van der Waals surface area (Å²) in [5.41, 5.74) is -1.29. The molecular weight excluding hydrogens is 258 g/mol. The van der Waals surface area contributed by atoms with E-state index >= 15 is 0 Å². The van der Waals surface area contributed by atoms with Crippen molar-refractivity contribution in [3.8, 4) is 0 Å². The second-order valence-corrected chi connectivity index (χ2v) is 6.24. The predicted octanol–water partition coefficient (Wildman–Crippen LogP) is 0.434. The van der Waals surface area contributed by atoms with Gasteiger partial charge in [0.15, 0.2) is 0 Å². The molecule has 0 atom stereocenters. The van der Waals surface area contributed by atoms with Crippen LogP contribution in [0.5, 0.6) is 0 Å². The van der Waals surface area contributed by atoms with Crippen molar-refractivity contribution in [2.24, 2.45) is 0 Å². The monoisotopic (exact) mass is 273 g/mol. The smallest absolute Gasteiger partial charge is 0.335 e. The fourth-order valence-corrected chi connectivity index (χ4v) is 2.40. The number of hydrogen-bond donors (Lipinski definition) is 3. The fourth-order valence-electron chi connectivity index (χ4n) is 1.15. The van der Waals surface area contributed by atoms with E-state index in [2.05, 4.69) is 4.72 Å². The summed E-state index contributed by atoms with van der Waals surface area (Å²) in [7, 11) is -3.82. The lowest BCUT2D eigenvalue weighted by Crippen LogP contribution is -2.38. The van der Waals surface area contributed by atoms with Crippen molar-refractivity contribution in [1.29, 1.82) is 0 Å². The van der Waals surface area contributed by atoms with Crippen molar-refractivity contribution < 1.29 is 23.4 Å². The van der Waals surface area contributed by atoms with Crippen LogP contribution in [0.15, 0.2) is 29.2 Å². The summed E-state index contributed by atoms with van der Waals surface area (Å²) in [6.07, 6.45) is 0. The SMILES string of the molecule is CC(C)(O)CNS(=O)(=O)c1cccc(C(=O)O)c1. The van der Waals surface area contributed by atoms with E-state index in [-0.39, 0.29) is 17.0 Å². The first-order chi connectivity index (χ1) is 8.12. The van der Waals surface area contributed by atoms with Crippen LogP contribution in [-0.4, -0.2) is 36.7 Å². The van der Waals surface area contributed by atoms with Crippen LogP contribution in [-0.2, 0) is 10.0 Å². The zero-order valence-electron chi connectivity index (χ0n) is 10.0. The molecule has 0 unspecified atom stereocenters. The summed E-state index contributed by atoms with van der Waals surface area (Å²) in [6.45, 7) is 2.76. The van der Waals surface area contributed by atoms with Crippen LogP contribution in [0.3, 0.4) is 0 Å². The maximum absolute atomic E-state index is 11.8. The molecule has 0 fully saturated rings. The largest absolute Gasteiger partial charge is 0.478 e. The standard InChI is InChI=1S/C11H15NO5S/c1-11(2,15)7-12-18(16,17)9-5-3-4-8(6-9)10(13)14/h3-6,12,15H,7H2,1-2H3,(H,13,14). The zero-order chi connectivity index (χ0) is 14.0. The molecule has 0 amide bonds. The minimum atomic E-state index is -3.82. The molecule has 0 aliphatic heterocycles. The van der Waals surface area contributed by atoms with E-state index in [1.54, 1.807) is 0 Å². The van der Waals surface area contributed by atoms with E-state index in [9.17, 15) is 18.3 Å². The molecule has 0 bridgehead atoms. The maximum atomic E-state index is 11.8. The second kappa shape index (κ2) is 5.05. The third kappa shape index (κ3) is 4.10. The summed E-state index contributed by atoms with van der Waals surface area (Å²) in [5.74, 6) is -1.20. The number of rotatable bonds is 5. The van der Waals surface area contributed by atoms with Crippen LogP contribution in [0.1, 0.15) is 24.2 Å². The Morgan fingerprint density at radius 1 is 1.39 bits per heavy atom. The number of carboxylic acids is 1. The molecule has 100 valence electrons. The van der Waals surface area contributed by atoms with Crippen molar-refractivity contribution >= 4 is 16.0 Å². The number of carbonyl (C=O) groups is 1. The van der Waals surface area contributed by atoms with E-state index in [0.717, 1.165) is 6.07 Å². The Morgan fingerprint density at radius 3 is 2.50 bits per heavy atom. The first-order valence-electron chi connectivity index (χ1n) is 5.17. The lowest BCUT2D eigenvalue weighted by Gasteiger charge is -2.17. The molecule has 0 heterocycles. The first-order valence-corrected chi connectivity index (χ1v) is 6.65. The number of aliphatic hydroxyl groups is 1. The van der Waals surface area contributed by atoms with Gasteiger partial charge in [0.1, 0.15) is 0 Å². The molecule has 0 radical (unpaired) electrons. The van der Waals surface area contributed by atoms with Crippen molar-refractivity contribution in [2.45, 2.75) is 24.3 Å². The highest BCUT2D eigenvalue weighted by Crippen LogP contribution is 2.12. The number of benzene rings is 1. The predicted molar refractivity (Wildman–Crippen MR) is 64.9 cm³/mol. The van der Waals surface area contributed by atoms with Gasteiger partial charge in [0.05, 0.1) is 16.1 Å². The van der Waals surface area contributed by atoms with Gasteiger partial charge in [0.25, 0.3) is 0 Å². The average Bonchev–Trinajstić information content (AvgIpc) is 2.26. The normalized spacial score (nSPS) is 12.4. The Hall–Kier alpha value is -1.44. The summed E-state index contributed by atoms with van der Waals surface area (Å²) >= 11 is 0. The molecule has 0 saturated heterocycles. The van der Waals surface area contributed by atoms with E-state index < -0.39 is 21.6 Å². The molecule has 18 heavy (non-hydrogen) atoms. The first kappa shape index (κ1) is 14.6. The summed E-state index contributed by atoms with van der Waals surface area (Å²) < 4.78 is 25.9. The van der Waals surface area contributed by atoms with Gasteiger partial charge in [0.2, 0.25) is 10.0 Å². The molecule has 6 nitrogen and oxygen atoms in total. The maximum Gasteiger partial charge on any atom is 0.335 e. The van der Waals surface area contributed by atoms with Crippen molar-refractivity contribution in [3.63, 3.8) is 0 Å². The molecule has 0 aromatic heterocycles. The zero-order valence-corrected chi connectivity index (χ0v) is 10.9. The van der Waals surface area contributed by atoms with Crippen LogP contribution < -0.4 is 4.72 Å². The Labute approximate surface area is 105 Å². The van der Waals surface area contributed by atoms with Gasteiger partial charge in [-0.3, -0.25) is 0 Å². The molecular formula is C11H15NO5S. The Balaban J connectivity index is 2.99. The average molecular weight is 273 g/mol. The summed E-state index contributed by atoms with van der Waals surface area (Å²) in [5, 5.41) is 18.2.